The summed E-state index contributed by atoms with van der Waals surface area (Å²) in [5.41, 5.74) is 1.28. The molecule has 0 radical (unpaired) electrons. The molecule has 0 aliphatic carbocycles. The van der Waals surface area contributed by atoms with Crippen LogP contribution >= 0.6 is 0 Å². The van der Waals surface area contributed by atoms with Gasteiger partial charge in [-0.1, -0.05) is 29.4 Å². The molecular weight excluding hydrogens is 294 g/mol. The number of rotatable bonds is 5. The van der Waals surface area contributed by atoms with Crippen molar-refractivity contribution >= 4 is 0 Å². The smallest absolute Gasteiger partial charge is 0.229 e. The molecule has 23 heavy (non-hydrogen) atoms. The maximum absolute atomic E-state index is 10.9. The second kappa shape index (κ2) is 6.78. The predicted molar refractivity (Wildman–Crippen MR) is 84.6 cm³/mol. The second-order valence-corrected chi connectivity index (χ2v) is 6.43. The highest BCUT2D eigenvalue weighted by molar-refractivity contribution is 5.22. The molecule has 0 amide bonds. The van der Waals surface area contributed by atoms with Crippen molar-refractivity contribution in [2.24, 2.45) is 0 Å². The van der Waals surface area contributed by atoms with E-state index >= 15 is 0 Å². The topological polar surface area (TPSA) is 82.6 Å². The first-order valence-corrected chi connectivity index (χ1v) is 7.99. The molecular formula is C17H23N3O3. The lowest BCUT2D eigenvalue weighted by atomic mass is 9.89. The van der Waals surface area contributed by atoms with Gasteiger partial charge in [0.05, 0.1) is 18.6 Å². The zero-order valence-corrected chi connectivity index (χ0v) is 13.4. The Kier molecular flexibility index (Phi) is 4.75. The molecule has 1 aromatic carbocycles. The Bertz CT molecular complexity index is 641. The lowest BCUT2D eigenvalue weighted by Gasteiger charge is -2.38. The number of benzene rings is 1. The monoisotopic (exact) mass is 317 g/mol. The Hall–Kier alpha value is -1.76. The van der Waals surface area contributed by atoms with Crippen LogP contribution in [0.3, 0.4) is 0 Å². The highest BCUT2D eigenvalue weighted by Crippen LogP contribution is 2.26. The van der Waals surface area contributed by atoms with Gasteiger partial charge in [0.1, 0.15) is 0 Å². The zero-order valence-electron chi connectivity index (χ0n) is 13.4. The largest absolute Gasteiger partial charge is 0.392 e. The van der Waals surface area contributed by atoms with Crippen LogP contribution in [0.4, 0.5) is 0 Å². The van der Waals surface area contributed by atoms with Gasteiger partial charge in [-0.05, 0) is 37.4 Å². The minimum atomic E-state index is -0.817. The highest BCUT2D eigenvalue weighted by Gasteiger charge is 2.35. The summed E-state index contributed by atoms with van der Waals surface area (Å²) in [6.07, 6.45) is 2.08. The summed E-state index contributed by atoms with van der Waals surface area (Å²) in [6, 6.07) is 7.93. The van der Waals surface area contributed by atoms with Gasteiger partial charge in [0.2, 0.25) is 5.89 Å². The normalized spacial score (nSPS) is 22.4. The molecule has 3 rings (SSSR count). The molecule has 124 valence electrons. The molecule has 1 saturated heterocycles. The summed E-state index contributed by atoms with van der Waals surface area (Å²) in [5.74, 6) is 1.10. The molecule has 1 aromatic heterocycles. The van der Waals surface area contributed by atoms with Crippen LogP contribution < -0.4 is 0 Å². The van der Waals surface area contributed by atoms with E-state index in [1.807, 2.05) is 24.3 Å². The molecule has 1 aliphatic rings. The minimum absolute atomic E-state index is 0.0628. The van der Waals surface area contributed by atoms with E-state index in [9.17, 15) is 5.11 Å². The van der Waals surface area contributed by atoms with E-state index in [4.69, 9.17) is 9.63 Å². The molecule has 2 aromatic rings. The number of hydrogen-bond acceptors (Lipinski definition) is 6. The van der Waals surface area contributed by atoms with Gasteiger partial charge in [-0.2, -0.15) is 4.98 Å². The molecule has 1 aliphatic heterocycles. The zero-order chi connectivity index (χ0) is 16.3. The Morgan fingerprint density at radius 2 is 2.00 bits per heavy atom. The van der Waals surface area contributed by atoms with Crippen molar-refractivity contribution in [3.63, 3.8) is 0 Å². The van der Waals surface area contributed by atoms with Crippen LogP contribution in [-0.2, 0) is 19.6 Å². The Balaban J connectivity index is 1.62. The molecule has 6 nitrogen and oxygen atoms in total. The summed E-state index contributed by atoms with van der Waals surface area (Å²) >= 11 is 0. The van der Waals surface area contributed by atoms with Crippen LogP contribution in [0.15, 0.2) is 28.8 Å². The molecule has 1 atom stereocenters. The van der Waals surface area contributed by atoms with Crippen LogP contribution in [0.1, 0.15) is 35.7 Å². The number of hydrogen-bond donors (Lipinski definition) is 2. The fourth-order valence-electron chi connectivity index (χ4n) is 3.19. The summed E-state index contributed by atoms with van der Waals surface area (Å²) < 4.78 is 5.15. The van der Waals surface area contributed by atoms with Crippen LogP contribution in [-0.4, -0.2) is 43.9 Å². The molecule has 1 fully saturated rings. The van der Waals surface area contributed by atoms with Crippen molar-refractivity contribution in [1.29, 1.82) is 0 Å². The van der Waals surface area contributed by atoms with Crippen molar-refractivity contribution in [3.8, 4) is 0 Å². The maximum Gasteiger partial charge on any atom is 0.229 e. The number of nitrogens with zero attached hydrogens (tertiary/aromatic N) is 3. The third kappa shape index (κ3) is 4.16. The third-order valence-electron chi connectivity index (χ3n) is 4.30. The number of aromatic nitrogens is 2. The predicted octanol–water partition coefficient (Wildman–Crippen LogP) is 1.44. The van der Waals surface area contributed by atoms with E-state index in [-0.39, 0.29) is 6.61 Å². The van der Waals surface area contributed by atoms with Gasteiger partial charge >= 0.3 is 0 Å². The van der Waals surface area contributed by atoms with Gasteiger partial charge in [0.25, 0.3) is 0 Å². The van der Waals surface area contributed by atoms with Gasteiger partial charge in [-0.3, -0.25) is 4.90 Å². The standard InChI is InChI=1S/C17H23N3O3/c1-13-18-16(23-19-13)9-17(22)7-2-8-20(12-17)10-14-3-5-15(11-21)6-4-14/h3-6,21-22H,2,7-12H2,1H3. The van der Waals surface area contributed by atoms with Crippen LogP contribution in [0, 0.1) is 6.92 Å². The highest BCUT2D eigenvalue weighted by atomic mass is 16.5. The van der Waals surface area contributed by atoms with E-state index in [1.165, 1.54) is 5.56 Å². The molecule has 0 saturated carbocycles. The number of aliphatic hydroxyl groups is 2. The molecule has 2 heterocycles. The molecule has 0 spiro atoms. The molecule has 6 heteroatoms. The van der Waals surface area contributed by atoms with Crippen molar-refractivity contribution in [2.45, 2.75) is 44.9 Å². The Morgan fingerprint density at radius 1 is 1.26 bits per heavy atom. The fourth-order valence-corrected chi connectivity index (χ4v) is 3.19. The average Bonchev–Trinajstić information content (AvgIpc) is 2.92. The molecule has 1 unspecified atom stereocenters. The van der Waals surface area contributed by atoms with Gasteiger partial charge in [0, 0.05) is 13.1 Å². The quantitative estimate of drug-likeness (QED) is 0.868. The minimum Gasteiger partial charge on any atom is -0.392 e. The number of aryl methyl sites for hydroxylation is 1. The summed E-state index contributed by atoms with van der Waals surface area (Å²) in [6.45, 7) is 4.19. The van der Waals surface area contributed by atoms with Crippen molar-refractivity contribution < 1.29 is 14.7 Å². The second-order valence-electron chi connectivity index (χ2n) is 6.43. The van der Waals surface area contributed by atoms with Crippen molar-refractivity contribution in [3.05, 3.63) is 47.1 Å². The molecule has 2 N–H and O–H groups in total. The van der Waals surface area contributed by atoms with Crippen molar-refractivity contribution in [1.82, 2.24) is 15.0 Å². The van der Waals surface area contributed by atoms with E-state index in [1.54, 1.807) is 6.92 Å². The summed E-state index contributed by atoms with van der Waals surface area (Å²) in [4.78, 5) is 6.45. The number of likely N-dealkylation sites (tertiary alicyclic amines) is 1. The Morgan fingerprint density at radius 3 is 2.65 bits per heavy atom. The Labute approximate surface area is 135 Å². The average molecular weight is 317 g/mol. The van der Waals surface area contributed by atoms with E-state index in [0.717, 1.165) is 31.5 Å². The first kappa shape index (κ1) is 16.1. The van der Waals surface area contributed by atoms with Gasteiger partial charge < -0.3 is 14.7 Å². The van der Waals surface area contributed by atoms with Gasteiger partial charge in [-0.15, -0.1) is 0 Å². The SMILES string of the molecule is Cc1noc(CC2(O)CCCN(Cc3ccc(CO)cc3)C2)n1. The van der Waals surface area contributed by atoms with Crippen LogP contribution in [0.2, 0.25) is 0 Å². The van der Waals surface area contributed by atoms with Gasteiger partial charge in [-0.25, -0.2) is 0 Å². The first-order chi connectivity index (χ1) is 11.1. The first-order valence-electron chi connectivity index (χ1n) is 7.99. The van der Waals surface area contributed by atoms with E-state index in [0.29, 0.717) is 24.7 Å². The molecule has 0 bridgehead atoms. The van der Waals surface area contributed by atoms with Gasteiger partial charge in [0.15, 0.2) is 5.82 Å². The number of aliphatic hydroxyl groups excluding tert-OH is 1. The van der Waals surface area contributed by atoms with Crippen LogP contribution in [0.5, 0.6) is 0 Å². The van der Waals surface area contributed by atoms with E-state index in [2.05, 4.69) is 15.0 Å². The number of piperidine rings is 1. The maximum atomic E-state index is 10.9. The summed E-state index contributed by atoms with van der Waals surface area (Å²) in [5, 5.41) is 23.7. The van der Waals surface area contributed by atoms with E-state index < -0.39 is 5.60 Å². The summed E-state index contributed by atoms with van der Waals surface area (Å²) in [7, 11) is 0. The van der Waals surface area contributed by atoms with Crippen LogP contribution in [0.25, 0.3) is 0 Å². The third-order valence-corrected chi connectivity index (χ3v) is 4.30. The fraction of sp³-hybridized carbons (Fsp3) is 0.529. The lowest BCUT2D eigenvalue weighted by molar-refractivity contribution is -0.0373. The van der Waals surface area contributed by atoms with Crippen molar-refractivity contribution in [2.75, 3.05) is 13.1 Å². The number of β-amino-alcohol motifs (C(OH)–C–C–N with tert-alkyl or cyclic N) is 1. The lowest BCUT2D eigenvalue weighted by Crippen LogP contribution is -2.49.